The van der Waals surface area contributed by atoms with Crippen LogP contribution in [0, 0.1) is 0 Å². The van der Waals surface area contributed by atoms with E-state index >= 15 is 0 Å². The van der Waals surface area contributed by atoms with Gasteiger partial charge in [0.2, 0.25) is 0 Å². The van der Waals surface area contributed by atoms with Gasteiger partial charge in [-0.15, -0.1) is 0 Å². The summed E-state index contributed by atoms with van der Waals surface area (Å²) >= 11 is 0. The lowest BCUT2D eigenvalue weighted by atomic mass is 9.75. The Kier molecular flexibility index (Phi) is 3.60. The van der Waals surface area contributed by atoms with Gasteiger partial charge in [-0.25, -0.2) is 0 Å². The normalized spacial score (nSPS) is 28.6. The van der Waals surface area contributed by atoms with E-state index in [4.69, 9.17) is 4.74 Å². The molecule has 2 aliphatic rings. The van der Waals surface area contributed by atoms with Crippen molar-refractivity contribution in [2.24, 2.45) is 0 Å². The highest BCUT2D eigenvalue weighted by Crippen LogP contribution is 2.44. The topological polar surface area (TPSA) is 58.6 Å². The van der Waals surface area contributed by atoms with Crippen LogP contribution in [0.4, 0.5) is 8.78 Å². The first-order chi connectivity index (χ1) is 8.37. The van der Waals surface area contributed by atoms with Crippen molar-refractivity contribution in [1.29, 1.82) is 0 Å². The second kappa shape index (κ2) is 4.74. The zero-order chi connectivity index (χ0) is 13.4. The summed E-state index contributed by atoms with van der Waals surface area (Å²) in [6, 6.07) is -0.463. The Balaban J connectivity index is 1.94. The van der Waals surface area contributed by atoms with Crippen molar-refractivity contribution < 1.29 is 23.4 Å². The maximum Gasteiger partial charge on any atom is 0.352 e. The van der Waals surface area contributed by atoms with Gasteiger partial charge in [0, 0.05) is 6.61 Å². The Hall–Kier alpha value is -0.750. The van der Waals surface area contributed by atoms with Gasteiger partial charge in [-0.1, -0.05) is 0 Å². The van der Waals surface area contributed by atoms with E-state index in [9.17, 15) is 18.7 Å². The van der Waals surface area contributed by atoms with Crippen LogP contribution in [-0.2, 0) is 9.53 Å². The SMILES string of the molecule is CC(NC(=O)C(F)(F)C1(O)CCC1)C1CCCO1. The lowest BCUT2D eigenvalue weighted by Crippen LogP contribution is -2.62. The minimum Gasteiger partial charge on any atom is -0.383 e. The molecular weight excluding hydrogens is 244 g/mol. The minimum absolute atomic E-state index is 0.0261. The van der Waals surface area contributed by atoms with Crippen molar-refractivity contribution in [1.82, 2.24) is 5.32 Å². The summed E-state index contributed by atoms with van der Waals surface area (Å²) < 4.78 is 32.9. The highest BCUT2D eigenvalue weighted by molar-refractivity contribution is 5.85. The molecule has 0 aromatic carbocycles. The number of amides is 1. The third-order valence-electron chi connectivity index (χ3n) is 3.93. The molecule has 2 fully saturated rings. The maximum absolute atomic E-state index is 13.8. The van der Waals surface area contributed by atoms with Gasteiger partial charge in [0.15, 0.2) is 0 Å². The van der Waals surface area contributed by atoms with Crippen LogP contribution in [0.1, 0.15) is 39.0 Å². The fourth-order valence-corrected chi connectivity index (χ4v) is 2.42. The van der Waals surface area contributed by atoms with Crippen LogP contribution in [0.2, 0.25) is 0 Å². The van der Waals surface area contributed by atoms with Crippen molar-refractivity contribution in [2.75, 3.05) is 6.61 Å². The van der Waals surface area contributed by atoms with Crippen molar-refractivity contribution in [3.63, 3.8) is 0 Å². The zero-order valence-corrected chi connectivity index (χ0v) is 10.4. The zero-order valence-electron chi connectivity index (χ0n) is 10.4. The molecule has 1 amide bonds. The molecule has 6 heteroatoms. The van der Waals surface area contributed by atoms with Crippen LogP contribution in [0.3, 0.4) is 0 Å². The lowest BCUT2D eigenvalue weighted by Gasteiger charge is -2.41. The van der Waals surface area contributed by atoms with E-state index in [0.717, 1.165) is 12.8 Å². The molecule has 1 aliphatic carbocycles. The standard InChI is InChI=1S/C12H19F2NO3/c1-8(9-4-2-7-18-9)15-10(16)12(13,14)11(17)5-3-6-11/h8-9,17H,2-7H2,1H3,(H,15,16). The van der Waals surface area contributed by atoms with E-state index < -0.39 is 23.5 Å². The van der Waals surface area contributed by atoms with E-state index in [-0.39, 0.29) is 18.9 Å². The number of aliphatic hydroxyl groups is 1. The highest BCUT2D eigenvalue weighted by Gasteiger charge is 2.61. The van der Waals surface area contributed by atoms with Crippen molar-refractivity contribution in [3.05, 3.63) is 0 Å². The number of carbonyl (C=O) groups is 1. The van der Waals surface area contributed by atoms with Crippen molar-refractivity contribution in [3.8, 4) is 0 Å². The first-order valence-electron chi connectivity index (χ1n) is 6.39. The molecule has 2 unspecified atom stereocenters. The molecule has 1 saturated heterocycles. The number of rotatable bonds is 4. The monoisotopic (exact) mass is 263 g/mol. The summed E-state index contributed by atoms with van der Waals surface area (Å²) in [6.07, 6.45) is 1.91. The summed E-state index contributed by atoms with van der Waals surface area (Å²) in [6.45, 7) is 2.25. The molecule has 0 aromatic heterocycles. The molecule has 2 rings (SSSR count). The second-order valence-corrected chi connectivity index (χ2v) is 5.27. The Labute approximate surface area is 105 Å². The molecular formula is C12H19F2NO3. The predicted octanol–water partition coefficient (Wildman–Crippen LogP) is 1.22. The maximum atomic E-state index is 13.8. The van der Waals surface area contributed by atoms with Gasteiger partial charge >= 0.3 is 5.92 Å². The number of halogens is 2. The molecule has 104 valence electrons. The van der Waals surface area contributed by atoms with Crippen LogP contribution in [-0.4, -0.2) is 41.3 Å². The van der Waals surface area contributed by atoms with Gasteiger partial charge in [-0.05, 0) is 39.0 Å². The molecule has 1 heterocycles. The van der Waals surface area contributed by atoms with Crippen LogP contribution in [0.15, 0.2) is 0 Å². The summed E-state index contributed by atoms with van der Waals surface area (Å²) in [7, 11) is 0. The quantitative estimate of drug-likeness (QED) is 0.802. The van der Waals surface area contributed by atoms with Crippen LogP contribution < -0.4 is 5.32 Å². The molecule has 0 bridgehead atoms. The van der Waals surface area contributed by atoms with Gasteiger partial charge in [0.1, 0.15) is 5.60 Å². The van der Waals surface area contributed by atoms with Crippen molar-refractivity contribution in [2.45, 2.75) is 62.7 Å². The van der Waals surface area contributed by atoms with Gasteiger partial charge in [0.05, 0.1) is 12.1 Å². The van der Waals surface area contributed by atoms with Gasteiger partial charge in [-0.2, -0.15) is 8.78 Å². The summed E-state index contributed by atoms with van der Waals surface area (Å²) in [5.74, 6) is -5.12. The number of hydrogen-bond donors (Lipinski definition) is 2. The third-order valence-corrected chi connectivity index (χ3v) is 3.93. The highest BCUT2D eigenvalue weighted by atomic mass is 19.3. The Morgan fingerprint density at radius 2 is 2.17 bits per heavy atom. The number of alkyl halides is 2. The van der Waals surface area contributed by atoms with E-state index in [0.29, 0.717) is 13.0 Å². The molecule has 18 heavy (non-hydrogen) atoms. The van der Waals surface area contributed by atoms with Crippen LogP contribution >= 0.6 is 0 Å². The number of ether oxygens (including phenoxy) is 1. The smallest absolute Gasteiger partial charge is 0.352 e. The van der Waals surface area contributed by atoms with Crippen molar-refractivity contribution >= 4 is 5.91 Å². The Bertz CT molecular complexity index is 325. The van der Waals surface area contributed by atoms with E-state index in [2.05, 4.69) is 5.32 Å². The summed E-state index contributed by atoms with van der Waals surface area (Å²) in [4.78, 5) is 11.6. The van der Waals surface area contributed by atoms with Crippen LogP contribution in [0.5, 0.6) is 0 Å². The number of carbonyl (C=O) groups excluding carboxylic acids is 1. The molecule has 1 aliphatic heterocycles. The minimum atomic E-state index is -3.72. The molecule has 1 saturated carbocycles. The average molecular weight is 263 g/mol. The first-order valence-corrected chi connectivity index (χ1v) is 6.39. The Morgan fingerprint density at radius 3 is 2.61 bits per heavy atom. The van der Waals surface area contributed by atoms with E-state index in [1.54, 1.807) is 6.92 Å². The fourth-order valence-electron chi connectivity index (χ4n) is 2.42. The molecule has 0 aromatic rings. The molecule has 0 radical (unpaired) electrons. The lowest BCUT2D eigenvalue weighted by molar-refractivity contribution is -0.216. The van der Waals surface area contributed by atoms with Crippen LogP contribution in [0.25, 0.3) is 0 Å². The molecule has 2 atom stereocenters. The van der Waals surface area contributed by atoms with Gasteiger partial charge in [-0.3, -0.25) is 4.79 Å². The van der Waals surface area contributed by atoms with E-state index in [1.807, 2.05) is 0 Å². The molecule has 0 spiro atoms. The predicted molar refractivity (Wildman–Crippen MR) is 60.3 cm³/mol. The van der Waals surface area contributed by atoms with E-state index in [1.165, 1.54) is 0 Å². The summed E-state index contributed by atoms with van der Waals surface area (Å²) in [5.41, 5.74) is -2.16. The second-order valence-electron chi connectivity index (χ2n) is 5.27. The molecule has 2 N–H and O–H groups in total. The fraction of sp³-hybridized carbons (Fsp3) is 0.917. The summed E-state index contributed by atoms with van der Waals surface area (Å²) in [5, 5.41) is 11.9. The van der Waals surface area contributed by atoms with Gasteiger partial charge in [0.25, 0.3) is 5.91 Å². The largest absolute Gasteiger partial charge is 0.383 e. The Morgan fingerprint density at radius 1 is 1.50 bits per heavy atom. The molecule has 4 nitrogen and oxygen atoms in total. The van der Waals surface area contributed by atoms with Gasteiger partial charge < -0.3 is 15.2 Å². The third kappa shape index (κ3) is 2.23. The first kappa shape index (κ1) is 13.7. The average Bonchev–Trinajstić information content (AvgIpc) is 2.78. The number of nitrogens with one attached hydrogen (secondary N) is 1. The number of hydrogen-bond acceptors (Lipinski definition) is 3.